The molecule has 1 aromatic rings. The van der Waals surface area contributed by atoms with Crippen LogP contribution in [0.5, 0.6) is 0 Å². The van der Waals surface area contributed by atoms with Crippen LogP contribution in [0.1, 0.15) is 51.5 Å². The molecule has 0 saturated carbocycles. The van der Waals surface area contributed by atoms with Crippen molar-refractivity contribution in [2.45, 2.75) is 52.9 Å². The molecular formula is C18H30N2O. The Morgan fingerprint density at radius 3 is 2.52 bits per heavy atom. The van der Waals surface area contributed by atoms with Gasteiger partial charge in [0.2, 0.25) is 5.91 Å². The molecule has 0 fully saturated rings. The summed E-state index contributed by atoms with van der Waals surface area (Å²) in [6.45, 7) is 7.66. The molecule has 0 heterocycles. The van der Waals surface area contributed by atoms with Crippen LogP contribution in [-0.2, 0) is 4.79 Å². The Morgan fingerprint density at radius 1 is 1.24 bits per heavy atom. The van der Waals surface area contributed by atoms with E-state index in [1.807, 2.05) is 23.1 Å². The average Bonchev–Trinajstić information content (AvgIpc) is 2.50. The molecule has 0 aliphatic carbocycles. The molecule has 0 bridgehead atoms. The monoisotopic (exact) mass is 290 g/mol. The van der Waals surface area contributed by atoms with Crippen LogP contribution >= 0.6 is 0 Å². The fourth-order valence-electron chi connectivity index (χ4n) is 2.64. The molecule has 0 aliphatic rings. The summed E-state index contributed by atoms with van der Waals surface area (Å²) in [7, 11) is 0. The van der Waals surface area contributed by atoms with Crippen molar-refractivity contribution < 1.29 is 4.79 Å². The Hall–Kier alpha value is -1.35. The molecular weight excluding hydrogens is 260 g/mol. The van der Waals surface area contributed by atoms with Crippen LogP contribution < -0.4 is 10.6 Å². The molecule has 0 aromatic heterocycles. The number of carbonyl (C=O) groups excluding carboxylic acids is 1. The number of aryl methyl sites for hydroxylation is 1. The van der Waals surface area contributed by atoms with Gasteiger partial charge in [0.15, 0.2) is 0 Å². The number of rotatable bonds is 9. The highest BCUT2D eigenvalue weighted by molar-refractivity contribution is 5.95. The first-order valence-corrected chi connectivity index (χ1v) is 8.22. The third-order valence-corrected chi connectivity index (χ3v) is 4.01. The van der Waals surface area contributed by atoms with Crippen LogP contribution in [0.4, 0.5) is 5.69 Å². The highest BCUT2D eigenvalue weighted by Gasteiger charge is 2.24. The number of carbonyl (C=O) groups is 1. The van der Waals surface area contributed by atoms with E-state index < -0.39 is 0 Å². The van der Waals surface area contributed by atoms with E-state index in [0.717, 1.165) is 43.4 Å². The first kappa shape index (κ1) is 17.7. The quantitative estimate of drug-likeness (QED) is 0.750. The predicted octanol–water partition coefficient (Wildman–Crippen LogP) is 3.89. The zero-order valence-corrected chi connectivity index (χ0v) is 13.8. The van der Waals surface area contributed by atoms with Gasteiger partial charge in [0, 0.05) is 18.2 Å². The molecule has 0 spiro atoms. The van der Waals surface area contributed by atoms with Gasteiger partial charge in [-0.2, -0.15) is 0 Å². The molecule has 118 valence electrons. The van der Waals surface area contributed by atoms with Crippen LogP contribution in [0.15, 0.2) is 24.3 Å². The van der Waals surface area contributed by atoms with Crippen molar-refractivity contribution in [1.82, 2.24) is 0 Å². The smallest absolute Gasteiger partial charge is 0.230 e. The minimum Gasteiger partial charge on any atom is -0.330 e. The van der Waals surface area contributed by atoms with E-state index in [4.69, 9.17) is 5.73 Å². The zero-order chi connectivity index (χ0) is 15.7. The number of unbranched alkanes of at least 4 members (excludes halogenated alkanes) is 1. The lowest BCUT2D eigenvalue weighted by Crippen LogP contribution is -2.38. The first-order valence-electron chi connectivity index (χ1n) is 8.22. The molecule has 3 heteroatoms. The number of nitrogens with two attached hydrogens (primary N) is 1. The minimum absolute atomic E-state index is 0.127. The largest absolute Gasteiger partial charge is 0.330 e. The Kier molecular flexibility index (Phi) is 8.06. The van der Waals surface area contributed by atoms with Gasteiger partial charge in [-0.25, -0.2) is 0 Å². The summed E-state index contributed by atoms with van der Waals surface area (Å²) in [4.78, 5) is 14.9. The van der Waals surface area contributed by atoms with Crippen molar-refractivity contribution in [3.63, 3.8) is 0 Å². The highest BCUT2D eigenvalue weighted by atomic mass is 16.2. The third kappa shape index (κ3) is 5.16. The Morgan fingerprint density at radius 2 is 1.95 bits per heavy atom. The van der Waals surface area contributed by atoms with E-state index in [9.17, 15) is 4.79 Å². The van der Waals surface area contributed by atoms with Gasteiger partial charge in [-0.15, -0.1) is 0 Å². The van der Waals surface area contributed by atoms with Crippen molar-refractivity contribution in [3.05, 3.63) is 29.8 Å². The molecule has 3 nitrogen and oxygen atoms in total. The maximum atomic E-state index is 12.9. The number of amides is 1. The van der Waals surface area contributed by atoms with E-state index in [1.165, 1.54) is 0 Å². The third-order valence-electron chi connectivity index (χ3n) is 4.01. The molecule has 0 radical (unpaired) electrons. The highest BCUT2D eigenvalue weighted by Crippen LogP contribution is 2.24. The SMILES string of the molecule is CCCCC(CC)C(=O)N(CCCN)c1ccccc1C. The zero-order valence-electron chi connectivity index (χ0n) is 13.8. The van der Waals surface area contributed by atoms with Gasteiger partial charge in [0.25, 0.3) is 0 Å². The van der Waals surface area contributed by atoms with Crippen molar-refractivity contribution in [1.29, 1.82) is 0 Å². The topological polar surface area (TPSA) is 46.3 Å². The van der Waals surface area contributed by atoms with E-state index in [1.54, 1.807) is 0 Å². The summed E-state index contributed by atoms with van der Waals surface area (Å²) in [5, 5.41) is 0. The Balaban J connectivity index is 2.95. The molecule has 1 unspecified atom stereocenters. The normalized spacial score (nSPS) is 12.2. The number of nitrogens with zero attached hydrogens (tertiary/aromatic N) is 1. The second-order valence-corrected chi connectivity index (χ2v) is 5.67. The molecule has 21 heavy (non-hydrogen) atoms. The number of benzene rings is 1. The van der Waals surface area contributed by atoms with Gasteiger partial charge >= 0.3 is 0 Å². The van der Waals surface area contributed by atoms with Crippen LogP contribution in [0.25, 0.3) is 0 Å². The van der Waals surface area contributed by atoms with Crippen LogP contribution in [0.2, 0.25) is 0 Å². The fourth-order valence-corrected chi connectivity index (χ4v) is 2.64. The first-order chi connectivity index (χ1) is 10.2. The lowest BCUT2D eigenvalue weighted by atomic mass is 9.97. The van der Waals surface area contributed by atoms with Crippen molar-refractivity contribution >= 4 is 11.6 Å². The summed E-state index contributed by atoms with van der Waals surface area (Å²) in [6, 6.07) is 8.11. The predicted molar refractivity (Wildman–Crippen MR) is 90.5 cm³/mol. The summed E-state index contributed by atoms with van der Waals surface area (Å²) < 4.78 is 0. The van der Waals surface area contributed by atoms with Gasteiger partial charge in [-0.3, -0.25) is 4.79 Å². The van der Waals surface area contributed by atoms with Gasteiger partial charge in [0.1, 0.15) is 0 Å². The van der Waals surface area contributed by atoms with Crippen LogP contribution in [0, 0.1) is 12.8 Å². The average molecular weight is 290 g/mol. The van der Waals surface area contributed by atoms with E-state index in [2.05, 4.69) is 26.8 Å². The second kappa shape index (κ2) is 9.56. The van der Waals surface area contributed by atoms with E-state index >= 15 is 0 Å². The Labute approximate surface area is 129 Å². The van der Waals surface area contributed by atoms with E-state index in [-0.39, 0.29) is 11.8 Å². The van der Waals surface area contributed by atoms with Crippen molar-refractivity contribution in [2.24, 2.45) is 11.7 Å². The lowest BCUT2D eigenvalue weighted by molar-refractivity contribution is -0.122. The molecule has 0 saturated heterocycles. The molecule has 1 rings (SSSR count). The van der Waals surface area contributed by atoms with Gasteiger partial charge in [-0.1, -0.05) is 44.9 Å². The van der Waals surface area contributed by atoms with Gasteiger partial charge in [-0.05, 0) is 44.4 Å². The molecule has 0 aliphatic heterocycles. The summed E-state index contributed by atoms with van der Waals surface area (Å²) in [6.07, 6.45) is 4.98. The van der Waals surface area contributed by atoms with Crippen molar-refractivity contribution in [3.8, 4) is 0 Å². The Bertz CT molecular complexity index is 431. The number of para-hydroxylation sites is 1. The second-order valence-electron chi connectivity index (χ2n) is 5.67. The number of hydrogen-bond donors (Lipinski definition) is 1. The van der Waals surface area contributed by atoms with Crippen molar-refractivity contribution in [2.75, 3.05) is 18.0 Å². The van der Waals surface area contributed by atoms with Crippen LogP contribution in [-0.4, -0.2) is 19.0 Å². The maximum Gasteiger partial charge on any atom is 0.230 e. The molecule has 1 aromatic carbocycles. The lowest BCUT2D eigenvalue weighted by Gasteiger charge is -2.28. The minimum atomic E-state index is 0.127. The van der Waals surface area contributed by atoms with Crippen LogP contribution in [0.3, 0.4) is 0 Å². The molecule has 1 atom stereocenters. The maximum absolute atomic E-state index is 12.9. The van der Waals surface area contributed by atoms with Gasteiger partial charge < -0.3 is 10.6 Å². The summed E-state index contributed by atoms with van der Waals surface area (Å²) in [5.74, 6) is 0.385. The van der Waals surface area contributed by atoms with E-state index in [0.29, 0.717) is 13.1 Å². The number of hydrogen-bond acceptors (Lipinski definition) is 2. The summed E-state index contributed by atoms with van der Waals surface area (Å²) in [5.41, 5.74) is 7.82. The molecule has 2 N–H and O–H groups in total. The van der Waals surface area contributed by atoms with Gasteiger partial charge in [0.05, 0.1) is 0 Å². The number of anilines is 1. The fraction of sp³-hybridized carbons (Fsp3) is 0.611. The summed E-state index contributed by atoms with van der Waals surface area (Å²) >= 11 is 0. The standard InChI is InChI=1S/C18H30N2O/c1-4-6-11-16(5-2)18(21)20(14-9-13-19)17-12-8-7-10-15(17)3/h7-8,10,12,16H,4-6,9,11,13-14,19H2,1-3H3. The molecule has 1 amide bonds.